The molecule has 0 unspecified atom stereocenters. The molecule has 1 heterocycles. The van der Waals surface area contributed by atoms with Gasteiger partial charge in [0, 0.05) is 28.8 Å². The van der Waals surface area contributed by atoms with Crippen LogP contribution in [0, 0.1) is 0 Å². The van der Waals surface area contributed by atoms with Crippen molar-refractivity contribution < 1.29 is 0 Å². The third-order valence-corrected chi connectivity index (χ3v) is 12.5. The van der Waals surface area contributed by atoms with E-state index in [4.69, 9.17) is 0 Å². The van der Waals surface area contributed by atoms with Gasteiger partial charge in [0.2, 0.25) is 0 Å². The number of benzene rings is 10. The number of anilines is 3. The Kier molecular flexibility index (Phi) is 11.4. The van der Waals surface area contributed by atoms with Crippen LogP contribution >= 0.6 is 0 Å². The van der Waals surface area contributed by atoms with Gasteiger partial charge < -0.3 is 4.90 Å². The van der Waals surface area contributed by atoms with Gasteiger partial charge in [-0.15, -0.1) is 0 Å². The summed E-state index contributed by atoms with van der Waals surface area (Å²) in [5.41, 5.74) is 21.6. The summed E-state index contributed by atoms with van der Waals surface area (Å²) < 4.78 is 0. The monoisotopic (exact) mass is 854 g/mol. The number of rotatable bonds is 11. The van der Waals surface area contributed by atoms with Crippen molar-refractivity contribution in [3.8, 4) is 89.1 Å². The van der Waals surface area contributed by atoms with Crippen LogP contribution in [0.4, 0.5) is 17.1 Å². The molecule has 2 heteroatoms. The Labute approximate surface area is 393 Å². The zero-order chi connectivity index (χ0) is 44.8. The Morgan fingerprint density at radius 2 is 0.448 bits per heavy atom. The van der Waals surface area contributed by atoms with Crippen LogP contribution in [-0.4, -0.2) is 4.98 Å². The minimum atomic E-state index is 0.966. The zero-order valence-electron chi connectivity index (χ0n) is 37.0. The van der Waals surface area contributed by atoms with E-state index >= 15 is 0 Å². The van der Waals surface area contributed by atoms with E-state index in [1.165, 1.54) is 33.4 Å². The first-order valence-corrected chi connectivity index (χ1v) is 22.9. The molecule has 0 radical (unpaired) electrons. The topological polar surface area (TPSA) is 16.1 Å². The van der Waals surface area contributed by atoms with Crippen LogP contribution in [0.5, 0.6) is 0 Å². The smallest absolute Gasteiger partial charge is 0.0701 e. The van der Waals surface area contributed by atoms with E-state index in [2.05, 4.69) is 271 Å². The molecule has 0 atom stereocenters. The minimum Gasteiger partial charge on any atom is -0.311 e. The van der Waals surface area contributed by atoms with Gasteiger partial charge in [-0.1, -0.05) is 224 Å². The number of aromatic nitrogens is 1. The molecule has 0 aliphatic carbocycles. The number of para-hydroxylation sites is 2. The molecular formula is C65H46N2. The summed E-state index contributed by atoms with van der Waals surface area (Å²) in [6.07, 6.45) is 1.84. The number of hydrogen-bond donors (Lipinski definition) is 0. The molecule has 11 rings (SSSR count). The van der Waals surface area contributed by atoms with Gasteiger partial charge in [-0.05, 0) is 126 Å². The molecule has 0 saturated heterocycles. The molecule has 0 fully saturated rings. The van der Waals surface area contributed by atoms with Crippen molar-refractivity contribution in [2.75, 3.05) is 4.90 Å². The Morgan fingerprint density at radius 3 is 0.776 bits per heavy atom. The quantitative estimate of drug-likeness (QED) is 0.129. The second kappa shape index (κ2) is 18.7. The van der Waals surface area contributed by atoms with Crippen molar-refractivity contribution >= 4 is 17.1 Å². The standard InChI is InChI=1S/C65H46N2/c1-7-21-50(22-8-1)60-61(51-23-9-2-10-24-51)63(53-27-13-4-14-28-53)65(55-42-44-58(45-43-55)67(56-29-15-5-16-30-56)57-31-17-6-18-32-57)64(62(60)52-25-11-3-12-26-52)54-40-36-48(37-41-54)47-34-38-49(39-35-47)59-33-19-20-46-66-59/h1-46H. The molecule has 0 amide bonds. The molecule has 0 aliphatic rings. The normalized spacial score (nSPS) is 11.0. The van der Waals surface area contributed by atoms with Crippen molar-refractivity contribution in [1.82, 2.24) is 4.98 Å². The fourth-order valence-corrected chi connectivity index (χ4v) is 9.48. The lowest BCUT2D eigenvalue weighted by Gasteiger charge is -2.29. The third-order valence-electron chi connectivity index (χ3n) is 12.5. The van der Waals surface area contributed by atoms with Crippen LogP contribution in [0.15, 0.2) is 279 Å². The van der Waals surface area contributed by atoms with Gasteiger partial charge in [0.25, 0.3) is 0 Å². The number of pyridine rings is 1. The van der Waals surface area contributed by atoms with Crippen LogP contribution in [0.3, 0.4) is 0 Å². The maximum Gasteiger partial charge on any atom is 0.0701 e. The molecule has 67 heavy (non-hydrogen) atoms. The molecule has 0 bridgehead atoms. The van der Waals surface area contributed by atoms with Crippen molar-refractivity contribution in [2.45, 2.75) is 0 Å². The van der Waals surface area contributed by atoms with Gasteiger partial charge >= 0.3 is 0 Å². The van der Waals surface area contributed by atoms with Gasteiger partial charge in [0.15, 0.2) is 0 Å². The zero-order valence-corrected chi connectivity index (χ0v) is 37.0. The molecule has 1 aromatic heterocycles. The summed E-state index contributed by atoms with van der Waals surface area (Å²) in [4.78, 5) is 6.91. The van der Waals surface area contributed by atoms with Crippen molar-refractivity contribution in [2.24, 2.45) is 0 Å². The molecule has 0 saturated carbocycles. The predicted molar refractivity (Wildman–Crippen MR) is 282 cm³/mol. The summed E-state index contributed by atoms with van der Waals surface area (Å²) >= 11 is 0. The average Bonchev–Trinajstić information content (AvgIpc) is 3.42. The lowest BCUT2D eigenvalue weighted by atomic mass is 9.74. The fourth-order valence-electron chi connectivity index (χ4n) is 9.48. The van der Waals surface area contributed by atoms with Crippen LogP contribution in [0.2, 0.25) is 0 Å². The SMILES string of the molecule is c1ccc(-c2c(-c3ccccc3)c(-c3ccccc3)c(-c3ccc(N(c4ccccc4)c4ccccc4)cc3)c(-c3ccc(-c4ccc(-c5ccccn5)cc4)cc3)c2-c2ccccc2)cc1. The lowest BCUT2D eigenvalue weighted by molar-refractivity contribution is 1.28. The molecule has 0 aliphatic heterocycles. The van der Waals surface area contributed by atoms with Crippen LogP contribution < -0.4 is 4.90 Å². The van der Waals surface area contributed by atoms with Gasteiger partial charge in [-0.25, -0.2) is 0 Å². The van der Waals surface area contributed by atoms with E-state index < -0.39 is 0 Å². The highest BCUT2D eigenvalue weighted by atomic mass is 15.1. The van der Waals surface area contributed by atoms with Crippen LogP contribution in [0.25, 0.3) is 89.1 Å². The highest BCUT2D eigenvalue weighted by Crippen LogP contribution is 2.56. The molecule has 11 aromatic rings. The van der Waals surface area contributed by atoms with Crippen molar-refractivity contribution in [3.63, 3.8) is 0 Å². The first-order valence-electron chi connectivity index (χ1n) is 22.9. The Hall–Kier alpha value is -8.85. The maximum absolute atomic E-state index is 4.58. The summed E-state index contributed by atoms with van der Waals surface area (Å²) in [5.74, 6) is 0. The first-order chi connectivity index (χ1) is 33.3. The van der Waals surface area contributed by atoms with E-state index in [0.717, 1.165) is 72.8 Å². The number of nitrogens with zero attached hydrogens (tertiary/aromatic N) is 2. The number of hydrogen-bond acceptors (Lipinski definition) is 2. The van der Waals surface area contributed by atoms with Crippen LogP contribution in [-0.2, 0) is 0 Å². The summed E-state index contributed by atoms with van der Waals surface area (Å²) in [7, 11) is 0. The molecule has 0 spiro atoms. The van der Waals surface area contributed by atoms with Crippen molar-refractivity contribution in [1.29, 1.82) is 0 Å². The minimum absolute atomic E-state index is 0.966. The van der Waals surface area contributed by atoms with Gasteiger partial charge in [0.1, 0.15) is 0 Å². The predicted octanol–water partition coefficient (Wildman–Crippen LogP) is 17.9. The summed E-state index contributed by atoms with van der Waals surface area (Å²) in [6, 6.07) is 98.3. The van der Waals surface area contributed by atoms with E-state index in [1.54, 1.807) is 0 Å². The molecule has 0 N–H and O–H groups in total. The van der Waals surface area contributed by atoms with E-state index in [9.17, 15) is 0 Å². The molecular weight excluding hydrogens is 809 g/mol. The highest BCUT2D eigenvalue weighted by molar-refractivity contribution is 6.15. The maximum atomic E-state index is 4.58. The summed E-state index contributed by atoms with van der Waals surface area (Å²) in [5, 5.41) is 0. The van der Waals surface area contributed by atoms with Gasteiger partial charge in [-0.3, -0.25) is 4.98 Å². The largest absolute Gasteiger partial charge is 0.311 e. The second-order valence-electron chi connectivity index (χ2n) is 16.6. The highest BCUT2D eigenvalue weighted by Gasteiger charge is 2.29. The summed E-state index contributed by atoms with van der Waals surface area (Å²) in [6.45, 7) is 0. The Balaban J connectivity index is 1.21. The third kappa shape index (κ3) is 8.25. The lowest BCUT2D eigenvalue weighted by Crippen LogP contribution is -2.09. The van der Waals surface area contributed by atoms with Gasteiger partial charge in [0.05, 0.1) is 5.69 Å². The molecule has 316 valence electrons. The molecule has 10 aromatic carbocycles. The van der Waals surface area contributed by atoms with Crippen molar-refractivity contribution in [3.05, 3.63) is 279 Å². The van der Waals surface area contributed by atoms with E-state index in [-0.39, 0.29) is 0 Å². The van der Waals surface area contributed by atoms with Gasteiger partial charge in [-0.2, -0.15) is 0 Å². The molecule has 2 nitrogen and oxygen atoms in total. The first kappa shape index (κ1) is 40.9. The average molecular weight is 855 g/mol. The Morgan fingerprint density at radius 1 is 0.194 bits per heavy atom. The fraction of sp³-hybridized carbons (Fsp3) is 0. The van der Waals surface area contributed by atoms with Crippen LogP contribution in [0.1, 0.15) is 0 Å². The second-order valence-corrected chi connectivity index (χ2v) is 16.6. The van der Waals surface area contributed by atoms with E-state index in [1.807, 2.05) is 18.3 Å². The Bertz CT molecular complexity index is 3320. The van der Waals surface area contributed by atoms with E-state index in [0.29, 0.717) is 0 Å².